The van der Waals surface area contributed by atoms with Crippen LogP contribution >= 0.6 is 11.3 Å². The molecule has 2 aromatic heterocycles. The van der Waals surface area contributed by atoms with Gasteiger partial charge in [0.25, 0.3) is 0 Å². The van der Waals surface area contributed by atoms with Crippen molar-refractivity contribution in [3.05, 3.63) is 58.4 Å². The lowest BCUT2D eigenvalue weighted by Gasteiger charge is -2.12. The Kier molecular flexibility index (Phi) is 3.17. The van der Waals surface area contributed by atoms with Crippen LogP contribution in [0.15, 0.2) is 47.3 Å². The highest BCUT2D eigenvalue weighted by Gasteiger charge is 2.05. The number of hydrogen-bond donors (Lipinski definition) is 2. The number of thiophene rings is 1. The summed E-state index contributed by atoms with van der Waals surface area (Å²) in [4.78, 5) is 3.21. The molecule has 0 aliphatic heterocycles. The number of benzene rings is 1. The van der Waals surface area contributed by atoms with Crippen LogP contribution in [-0.4, -0.2) is 4.98 Å². The fraction of sp³-hybridized carbons (Fsp3) is 0.200. The molecular weight excluding hydrogens is 240 g/mol. The van der Waals surface area contributed by atoms with E-state index in [9.17, 15) is 0 Å². The molecule has 0 saturated heterocycles. The van der Waals surface area contributed by atoms with Crippen LogP contribution in [0.3, 0.4) is 0 Å². The van der Waals surface area contributed by atoms with Crippen molar-refractivity contribution in [1.29, 1.82) is 0 Å². The Morgan fingerprint density at radius 2 is 2.22 bits per heavy atom. The van der Waals surface area contributed by atoms with Gasteiger partial charge < -0.3 is 10.3 Å². The molecule has 1 aromatic carbocycles. The molecule has 18 heavy (non-hydrogen) atoms. The molecule has 0 fully saturated rings. The first-order valence-corrected chi connectivity index (χ1v) is 7.09. The summed E-state index contributed by atoms with van der Waals surface area (Å²) in [7, 11) is 0. The van der Waals surface area contributed by atoms with E-state index in [-0.39, 0.29) is 0 Å². The monoisotopic (exact) mass is 256 g/mol. The van der Waals surface area contributed by atoms with Crippen LogP contribution in [0.5, 0.6) is 0 Å². The molecule has 0 radical (unpaired) electrons. The Bertz CT molecular complexity index is 625. The second-order valence-electron chi connectivity index (χ2n) is 4.56. The van der Waals surface area contributed by atoms with Gasteiger partial charge in [0.2, 0.25) is 0 Å². The maximum absolute atomic E-state index is 3.55. The minimum atomic E-state index is 0.401. The second-order valence-corrected chi connectivity index (χ2v) is 5.34. The minimum Gasteiger partial charge on any atom is -0.361 e. The molecular formula is C15H16N2S. The van der Waals surface area contributed by atoms with Crippen molar-refractivity contribution in [2.45, 2.75) is 19.5 Å². The second kappa shape index (κ2) is 4.96. The van der Waals surface area contributed by atoms with E-state index in [0.717, 1.165) is 6.54 Å². The summed E-state index contributed by atoms with van der Waals surface area (Å²) in [5.41, 5.74) is 3.89. The van der Waals surface area contributed by atoms with Gasteiger partial charge in [-0.2, -0.15) is 11.3 Å². The fourth-order valence-electron chi connectivity index (χ4n) is 2.12. The first-order valence-electron chi connectivity index (χ1n) is 6.14. The molecule has 3 aromatic rings. The summed E-state index contributed by atoms with van der Waals surface area (Å²) < 4.78 is 0. The third-order valence-electron chi connectivity index (χ3n) is 3.27. The molecule has 2 nitrogen and oxygen atoms in total. The maximum Gasteiger partial charge on any atom is 0.0454 e. The summed E-state index contributed by atoms with van der Waals surface area (Å²) in [5, 5.41) is 9.16. The fourth-order valence-corrected chi connectivity index (χ4v) is 2.88. The molecule has 2 heterocycles. The third-order valence-corrected chi connectivity index (χ3v) is 3.97. The number of rotatable bonds is 4. The van der Waals surface area contributed by atoms with Crippen LogP contribution in [0.1, 0.15) is 24.1 Å². The Labute approximate surface area is 111 Å². The number of aromatic nitrogens is 1. The molecule has 1 atom stereocenters. The maximum atomic E-state index is 3.55. The highest BCUT2D eigenvalue weighted by Crippen LogP contribution is 2.18. The smallest absolute Gasteiger partial charge is 0.0454 e. The predicted octanol–water partition coefficient (Wildman–Crippen LogP) is 4.08. The van der Waals surface area contributed by atoms with Gasteiger partial charge in [-0.3, -0.25) is 0 Å². The Morgan fingerprint density at radius 1 is 1.28 bits per heavy atom. The Hall–Kier alpha value is -1.58. The van der Waals surface area contributed by atoms with E-state index in [1.807, 2.05) is 6.20 Å². The molecule has 0 bridgehead atoms. The van der Waals surface area contributed by atoms with Gasteiger partial charge in [0.15, 0.2) is 0 Å². The third kappa shape index (κ3) is 2.33. The lowest BCUT2D eigenvalue weighted by atomic mass is 10.1. The van der Waals surface area contributed by atoms with Crippen LogP contribution < -0.4 is 5.32 Å². The van der Waals surface area contributed by atoms with E-state index >= 15 is 0 Å². The summed E-state index contributed by atoms with van der Waals surface area (Å²) in [6.45, 7) is 3.11. The molecule has 3 rings (SSSR count). The molecule has 3 heteroatoms. The Balaban J connectivity index is 1.69. The first kappa shape index (κ1) is 11.5. The largest absolute Gasteiger partial charge is 0.361 e. The van der Waals surface area contributed by atoms with Crippen molar-refractivity contribution in [1.82, 2.24) is 10.3 Å². The zero-order chi connectivity index (χ0) is 12.4. The van der Waals surface area contributed by atoms with Crippen LogP contribution in [0.2, 0.25) is 0 Å². The van der Waals surface area contributed by atoms with E-state index in [1.54, 1.807) is 11.3 Å². The average Bonchev–Trinajstić information content (AvgIpc) is 3.05. The van der Waals surface area contributed by atoms with Gasteiger partial charge in [0.05, 0.1) is 0 Å². The van der Waals surface area contributed by atoms with E-state index < -0.39 is 0 Å². The van der Waals surface area contributed by atoms with Crippen molar-refractivity contribution >= 4 is 22.2 Å². The van der Waals surface area contributed by atoms with Gasteiger partial charge in [-0.05, 0) is 58.5 Å². The molecule has 0 saturated carbocycles. The summed E-state index contributed by atoms with van der Waals surface area (Å²) >= 11 is 1.75. The molecule has 0 spiro atoms. The van der Waals surface area contributed by atoms with Gasteiger partial charge >= 0.3 is 0 Å². The highest BCUT2D eigenvalue weighted by atomic mass is 32.1. The number of H-pyrrole nitrogens is 1. The van der Waals surface area contributed by atoms with Gasteiger partial charge in [-0.15, -0.1) is 0 Å². The van der Waals surface area contributed by atoms with Gasteiger partial charge in [-0.1, -0.05) is 6.07 Å². The zero-order valence-corrected chi connectivity index (χ0v) is 11.1. The normalized spacial score (nSPS) is 12.9. The molecule has 2 N–H and O–H groups in total. The standard InChI is InChI=1S/C15H16N2S/c1-11(14-5-7-18-10-14)17-9-12-2-3-15-13(8-12)4-6-16-15/h2-8,10-11,16-17H,9H2,1H3. The van der Waals surface area contributed by atoms with E-state index in [2.05, 4.69) is 58.3 Å². The van der Waals surface area contributed by atoms with Crippen molar-refractivity contribution in [2.75, 3.05) is 0 Å². The SMILES string of the molecule is CC(NCc1ccc2[nH]ccc2c1)c1ccsc1. The van der Waals surface area contributed by atoms with E-state index in [4.69, 9.17) is 0 Å². The van der Waals surface area contributed by atoms with Crippen LogP contribution in [-0.2, 0) is 6.54 Å². The predicted molar refractivity (Wildman–Crippen MR) is 77.9 cm³/mol. The van der Waals surface area contributed by atoms with Crippen molar-refractivity contribution < 1.29 is 0 Å². The number of aromatic amines is 1. The van der Waals surface area contributed by atoms with Crippen molar-refractivity contribution in [3.63, 3.8) is 0 Å². The summed E-state index contributed by atoms with van der Waals surface area (Å²) in [6.07, 6.45) is 1.98. The van der Waals surface area contributed by atoms with Crippen LogP contribution in [0.4, 0.5) is 0 Å². The summed E-state index contributed by atoms with van der Waals surface area (Å²) in [6, 6.07) is 11.2. The molecule has 0 amide bonds. The van der Waals surface area contributed by atoms with Gasteiger partial charge in [0, 0.05) is 24.3 Å². The van der Waals surface area contributed by atoms with Gasteiger partial charge in [0.1, 0.15) is 0 Å². The number of hydrogen-bond acceptors (Lipinski definition) is 2. The lowest BCUT2D eigenvalue weighted by Crippen LogP contribution is -2.17. The minimum absolute atomic E-state index is 0.401. The van der Waals surface area contributed by atoms with Crippen LogP contribution in [0.25, 0.3) is 10.9 Å². The van der Waals surface area contributed by atoms with Crippen molar-refractivity contribution in [3.8, 4) is 0 Å². The molecule has 1 unspecified atom stereocenters. The van der Waals surface area contributed by atoms with E-state index in [0.29, 0.717) is 6.04 Å². The topological polar surface area (TPSA) is 27.8 Å². The Morgan fingerprint density at radius 3 is 3.06 bits per heavy atom. The van der Waals surface area contributed by atoms with Gasteiger partial charge in [-0.25, -0.2) is 0 Å². The quantitative estimate of drug-likeness (QED) is 0.723. The highest BCUT2D eigenvalue weighted by molar-refractivity contribution is 7.07. The number of nitrogens with one attached hydrogen (secondary N) is 2. The average molecular weight is 256 g/mol. The zero-order valence-electron chi connectivity index (χ0n) is 10.3. The molecule has 0 aliphatic carbocycles. The number of fused-ring (bicyclic) bond motifs is 1. The van der Waals surface area contributed by atoms with Crippen molar-refractivity contribution in [2.24, 2.45) is 0 Å². The summed E-state index contributed by atoms with van der Waals surface area (Å²) in [5.74, 6) is 0. The molecule has 92 valence electrons. The van der Waals surface area contributed by atoms with Crippen LogP contribution in [0, 0.1) is 0 Å². The lowest BCUT2D eigenvalue weighted by molar-refractivity contribution is 0.576. The van der Waals surface area contributed by atoms with E-state index in [1.165, 1.54) is 22.0 Å². The first-order chi connectivity index (χ1) is 8.83. The molecule has 0 aliphatic rings.